The molecule has 2 rings (SSSR count). The number of carboxylic acid groups (broad SMARTS) is 1. The first-order valence-corrected chi connectivity index (χ1v) is 8.04. The molecule has 9 N–H and O–H groups in total. The van der Waals surface area contributed by atoms with Crippen molar-refractivity contribution in [3.05, 3.63) is 23.8 Å². The van der Waals surface area contributed by atoms with Gasteiger partial charge in [-0.05, 0) is 12.1 Å². The van der Waals surface area contributed by atoms with Crippen molar-refractivity contribution < 1.29 is 44.6 Å². The van der Waals surface area contributed by atoms with Gasteiger partial charge in [-0.15, -0.1) is 0 Å². The summed E-state index contributed by atoms with van der Waals surface area (Å²) in [5.74, 6) is -2.04. The van der Waals surface area contributed by atoms with E-state index in [9.17, 15) is 30.0 Å². The lowest BCUT2D eigenvalue weighted by atomic mass is 9.99. The summed E-state index contributed by atoms with van der Waals surface area (Å²) in [6.45, 7) is -0.633. The van der Waals surface area contributed by atoms with Gasteiger partial charge in [0.05, 0.1) is 12.3 Å². The predicted octanol–water partition coefficient (Wildman–Crippen LogP) is -2.57. The van der Waals surface area contributed by atoms with Crippen molar-refractivity contribution in [2.24, 2.45) is 5.73 Å². The highest BCUT2D eigenvalue weighted by Crippen LogP contribution is 2.30. The molecule has 6 atom stereocenters. The van der Waals surface area contributed by atoms with Crippen molar-refractivity contribution >= 4 is 17.4 Å². The molecule has 1 aromatic rings. The molecule has 1 fully saturated rings. The number of ether oxygens (including phenoxy) is 2. The van der Waals surface area contributed by atoms with Gasteiger partial charge in [0.25, 0.3) is 0 Å². The van der Waals surface area contributed by atoms with Crippen LogP contribution in [0.4, 0.5) is 5.69 Å². The van der Waals surface area contributed by atoms with E-state index in [0.29, 0.717) is 0 Å². The number of carboxylic acids is 1. The monoisotopic (exact) mass is 386 g/mol. The number of benzene rings is 1. The summed E-state index contributed by atoms with van der Waals surface area (Å²) in [6.07, 6.45) is -7.97. The SMILES string of the molecule is Nc1c(OC2O[C@H](CO)[C@@H](O)[C@H](O)[C@H]2O)cccc1C(=O)C[C@H](N)C(=O)O. The first kappa shape index (κ1) is 21.0. The van der Waals surface area contributed by atoms with Gasteiger partial charge >= 0.3 is 5.97 Å². The third kappa shape index (κ3) is 4.53. The molecular weight excluding hydrogens is 364 g/mol. The Morgan fingerprint density at radius 2 is 1.85 bits per heavy atom. The maximum atomic E-state index is 12.2. The van der Waals surface area contributed by atoms with Crippen LogP contribution in [0.25, 0.3) is 0 Å². The van der Waals surface area contributed by atoms with Crippen molar-refractivity contribution in [3.8, 4) is 5.75 Å². The fourth-order valence-corrected chi connectivity index (χ4v) is 2.58. The standard InChI is InChI=1S/C16H22N2O9/c17-7(15(24)25)4-8(20)6-2-1-3-9(11(6)18)26-16-14(23)13(22)12(21)10(5-19)27-16/h1-3,7,10,12-14,16,19,21-23H,4-5,17-18H2,(H,24,25)/t7-,10+,12+,13-,14+,16?/m0/s1. The number of ketones is 1. The molecule has 0 bridgehead atoms. The average Bonchev–Trinajstić information content (AvgIpc) is 2.63. The van der Waals surface area contributed by atoms with Gasteiger partial charge in [-0.25, -0.2) is 0 Å². The average molecular weight is 386 g/mol. The molecule has 1 saturated heterocycles. The number of anilines is 1. The molecule has 1 aromatic carbocycles. The Morgan fingerprint density at radius 3 is 2.44 bits per heavy atom. The van der Waals surface area contributed by atoms with E-state index in [2.05, 4.69) is 0 Å². The summed E-state index contributed by atoms with van der Waals surface area (Å²) in [6, 6.07) is 2.73. The van der Waals surface area contributed by atoms with Crippen LogP contribution in [0, 0.1) is 0 Å². The maximum Gasteiger partial charge on any atom is 0.320 e. The number of aliphatic hydroxyl groups excluding tert-OH is 4. The van der Waals surface area contributed by atoms with E-state index in [1.807, 2.05) is 0 Å². The van der Waals surface area contributed by atoms with E-state index >= 15 is 0 Å². The number of carbonyl (C=O) groups excluding carboxylic acids is 1. The molecule has 0 saturated carbocycles. The summed E-state index contributed by atoms with van der Waals surface area (Å²) in [4.78, 5) is 23.0. The Bertz CT molecular complexity index is 696. The van der Waals surface area contributed by atoms with E-state index < -0.39 is 61.5 Å². The second-order valence-corrected chi connectivity index (χ2v) is 6.10. The third-order valence-corrected chi connectivity index (χ3v) is 4.18. The molecule has 11 nitrogen and oxygen atoms in total. The van der Waals surface area contributed by atoms with Crippen LogP contribution in [-0.4, -0.2) is 80.6 Å². The van der Waals surface area contributed by atoms with Crippen LogP contribution in [0.1, 0.15) is 16.8 Å². The number of nitrogen functional groups attached to an aromatic ring is 1. The van der Waals surface area contributed by atoms with Crippen LogP contribution in [0.15, 0.2) is 18.2 Å². The number of Topliss-reactive ketones (excluding diaryl/α,β-unsaturated/α-hetero) is 1. The second-order valence-electron chi connectivity index (χ2n) is 6.10. The fraction of sp³-hybridized carbons (Fsp3) is 0.500. The highest BCUT2D eigenvalue weighted by Gasteiger charge is 2.44. The Labute approximate surface area is 153 Å². The third-order valence-electron chi connectivity index (χ3n) is 4.18. The van der Waals surface area contributed by atoms with E-state index in [4.69, 9.17) is 26.0 Å². The Morgan fingerprint density at radius 1 is 1.19 bits per heavy atom. The van der Waals surface area contributed by atoms with Crippen molar-refractivity contribution in [1.29, 1.82) is 0 Å². The van der Waals surface area contributed by atoms with E-state index in [1.165, 1.54) is 18.2 Å². The zero-order chi connectivity index (χ0) is 20.3. The van der Waals surface area contributed by atoms with Gasteiger partial charge in [0.1, 0.15) is 36.2 Å². The molecular formula is C16H22N2O9. The van der Waals surface area contributed by atoms with Crippen LogP contribution in [-0.2, 0) is 9.53 Å². The number of hydrogen-bond donors (Lipinski definition) is 7. The molecule has 1 aliphatic heterocycles. The minimum atomic E-state index is -1.65. The first-order valence-electron chi connectivity index (χ1n) is 8.04. The molecule has 1 heterocycles. The van der Waals surface area contributed by atoms with E-state index in [1.54, 1.807) is 0 Å². The van der Waals surface area contributed by atoms with Crippen molar-refractivity contribution in [3.63, 3.8) is 0 Å². The lowest BCUT2D eigenvalue weighted by molar-refractivity contribution is -0.277. The van der Waals surface area contributed by atoms with E-state index in [0.717, 1.165) is 0 Å². The molecule has 0 aromatic heterocycles. The number of nitrogens with two attached hydrogens (primary N) is 2. The second kappa shape index (κ2) is 8.61. The van der Waals surface area contributed by atoms with Crippen molar-refractivity contribution in [2.45, 2.75) is 43.2 Å². The van der Waals surface area contributed by atoms with Gasteiger partial charge < -0.3 is 46.5 Å². The normalized spacial score (nSPS) is 29.1. The molecule has 0 amide bonds. The minimum absolute atomic E-state index is 0.0335. The van der Waals surface area contributed by atoms with Crippen LogP contribution in [0.5, 0.6) is 5.75 Å². The van der Waals surface area contributed by atoms with Crippen LogP contribution in [0.2, 0.25) is 0 Å². The molecule has 27 heavy (non-hydrogen) atoms. The van der Waals surface area contributed by atoms with Crippen molar-refractivity contribution in [2.75, 3.05) is 12.3 Å². The summed E-state index contributed by atoms with van der Waals surface area (Å²) in [7, 11) is 0. The van der Waals surface area contributed by atoms with E-state index in [-0.39, 0.29) is 17.0 Å². The zero-order valence-electron chi connectivity index (χ0n) is 14.1. The lowest BCUT2D eigenvalue weighted by Crippen LogP contribution is -2.60. The Balaban J connectivity index is 2.20. The molecule has 11 heteroatoms. The molecule has 150 valence electrons. The Kier molecular flexibility index (Phi) is 6.70. The number of aliphatic carboxylic acids is 1. The fourth-order valence-electron chi connectivity index (χ4n) is 2.58. The molecule has 1 unspecified atom stereocenters. The lowest BCUT2D eigenvalue weighted by Gasteiger charge is -2.39. The summed E-state index contributed by atoms with van der Waals surface area (Å²) in [5, 5.41) is 47.5. The highest BCUT2D eigenvalue weighted by molar-refractivity contribution is 6.03. The van der Waals surface area contributed by atoms with Gasteiger partial charge in [-0.1, -0.05) is 6.07 Å². The van der Waals surface area contributed by atoms with Crippen LogP contribution in [0.3, 0.4) is 0 Å². The molecule has 1 aliphatic rings. The molecule has 0 spiro atoms. The van der Waals surface area contributed by atoms with Gasteiger partial charge in [-0.3, -0.25) is 9.59 Å². The summed E-state index contributed by atoms with van der Waals surface area (Å²) < 4.78 is 10.6. The zero-order valence-corrected chi connectivity index (χ0v) is 14.1. The smallest absolute Gasteiger partial charge is 0.320 e. The number of rotatable bonds is 7. The van der Waals surface area contributed by atoms with Gasteiger partial charge in [0.15, 0.2) is 5.78 Å². The highest BCUT2D eigenvalue weighted by atomic mass is 16.7. The number of aliphatic hydroxyl groups is 4. The topological polar surface area (TPSA) is 206 Å². The summed E-state index contributed by atoms with van der Waals surface area (Å²) in [5.41, 5.74) is 11.1. The number of para-hydroxylation sites is 1. The predicted molar refractivity (Wildman–Crippen MR) is 89.8 cm³/mol. The van der Waals surface area contributed by atoms with Gasteiger partial charge in [0, 0.05) is 12.0 Å². The van der Waals surface area contributed by atoms with Crippen LogP contribution >= 0.6 is 0 Å². The number of carbonyl (C=O) groups is 2. The van der Waals surface area contributed by atoms with Gasteiger partial charge in [-0.2, -0.15) is 0 Å². The summed E-state index contributed by atoms with van der Waals surface area (Å²) >= 11 is 0. The molecule has 0 radical (unpaired) electrons. The van der Waals surface area contributed by atoms with Gasteiger partial charge in [0.2, 0.25) is 6.29 Å². The Hall–Kier alpha value is -2.28. The van der Waals surface area contributed by atoms with Crippen molar-refractivity contribution in [1.82, 2.24) is 0 Å². The first-order chi connectivity index (χ1) is 12.7. The minimum Gasteiger partial charge on any atom is -0.480 e. The molecule has 0 aliphatic carbocycles. The largest absolute Gasteiger partial charge is 0.480 e. The maximum absolute atomic E-state index is 12.2. The van der Waals surface area contributed by atoms with Crippen LogP contribution < -0.4 is 16.2 Å². The number of hydrogen-bond acceptors (Lipinski definition) is 10. The quantitative estimate of drug-likeness (QED) is 0.191.